The van der Waals surface area contributed by atoms with E-state index in [2.05, 4.69) is 114 Å². The maximum atomic E-state index is 15.2. The van der Waals surface area contributed by atoms with Crippen LogP contribution in [-0.2, 0) is 9.59 Å². The normalized spacial score (nSPS) is 39.2. The maximum Gasteiger partial charge on any atom is 0.147 e. The molecule has 4 bridgehead atoms. The third kappa shape index (κ3) is 3.17. The quantitative estimate of drug-likeness (QED) is 0.355. The topological polar surface area (TPSA) is 34.1 Å². The summed E-state index contributed by atoms with van der Waals surface area (Å²) < 4.78 is 0. The summed E-state index contributed by atoms with van der Waals surface area (Å²) in [5.74, 6) is 1.11. The van der Waals surface area contributed by atoms with E-state index in [4.69, 9.17) is 0 Å². The van der Waals surface area contributed by atoms with Gasteiger partial charge in [0.2, 0.25) is 0 Å². The van der Waals surface area contributed by atoms with E-state index < -0.39 is 21.7 Å². The van der Waals surface area contributed by atoms with Gasteiger partial charge in [0.15, 0.2) is 0 Å². The molecule has 0 saturated heterocycles. The van der Waals surface area contributed by atoms with E-state index in [1.807, 2.05) is 12.1 Å². The van der Waals surface area contributed by atoms with Crippen LogP contribution in [0.25, 0.3) is 12.2 Å². The summed E-state index contributed by atoms with van der Waals surface area (Å²) in [6.45, 7) is 13.7. The van der Waals surface area contributed by atoms with Gasteiger partial charge >= 0.3 is 0 Å². The summed E-state index contributed by atoms with van der Waals surface area (Å²) in [4.78, 5) is 30.4. The first-order chi connectivity index (χ1) is 18.9. The van der Waals surface area contributed by atoms with Crippen molar-refractivity contribution in [2.45, 2.75) is 80.1 Å². The third-order valence-electron chi connectivity index (χ3n) is 13.4. The summed E-state index contributed by atoms with van der Waals surface area (Å²) in [5.41, 5.74) is -0.211. The number of hydrogen-bond acceptors (Lipinski definition) is 2. The Morgan fingerprint density at radius 1 is 0.600 bits per heavy atom. The van der Waals surface area contributed by atoms with Gasteiger partial charge in [0.25, 0.3) is 0 Å². The van der Waals surface area contributed by atoms with E-state index in [-0.39, 0.29) is 22.7 Å². The van der Waals surface area contributed by atoms with Gasteiger partial charge in [-0.15, -0.1) is 0 Å². The molecular weight excluding hydrogens is 488 g/mol. The monoisotopic (exact) mass is 534 g/mol. The molecule has 210 valence electrons. The second-order valence-electron chi connectivity index (χ2n) is 14.9. The standard InChI is InChI=1S/C38H46O2/c1-33(2)29-21-25-35(33,5)31(39)37(29,23-13-19-27-15-9-7-10-16-27)38(24-14-20-28-17-11-8-12-18-28)30-22-26-36(6,32(38)40)34(30,3)4/h7-20,29-30H,21-26H2,1-6H3/b19-13-,20-14-/t29-,30+,35+,36-,37-,38-/m0/s1. The fourth-order valence-corrected chi connectivity index (χ4v) is 10.6. The highest BCUT2D eigenvalue weighted by Crippen LogP contribution is 2.83. The summed E-state index contributed by atoms with van der Waals surface area (Å²) in [7, 11) is 0. The van der Waals surface area contributed by atoms with Crippen LogP contribution in [0.3, 0.4) is 0 Å². The maximum absolute atomic E-state index is 15.2. The number of carbonyl (C=O) groups is 2. The van der Waals surface area contributed by atoms with Gasteiger partial charge < -0.3 is 0 Å². The van der Waals surface area contributed by atoms with Crippen LogP contribution >= 0.6 is 0 Å². The van der Waals surface area contributed by atoms with Crippen LogP contribution in [0.2, 0.25) is 0 Å². The first-order valence-electron chi connectivity index (χ1n) is 15.4. The molecule has 6 atom stereocenters. The lowest BCUT2D eigenvalue weighted by Crippen LogP contribution is -2.59. The number of hydrogen-bond donors (Lipinski definition) is 0. The second-order valence-corrected chi connectivity index (χ2v) is 14.9. The predicted molar refractivity (Wildman–Crippen MR) is 164 cm³/mol. The summed E-state index contributed by atoms with van der Waals surface area (Å²) in [6.07, 6.45) is 14.0. The number of carbonyl (C=O) groups excluding carboxylic acids is 2. The van der Waals surface area contributed by atoms with Crippen LogP contribution in [0.1, 0.15) is 91.2 Å². The molecule has 4 saturated carbocycles. The lowest BCUT2D eigenvalue weighted by molar-refractivity contribution is -0.163. The first-order valence-corrected chi connectivity index (χ1v) is 15.4. The Morgan fingerprint density at radius 2 is 0.950 bits per heavy atom. The number of ketones is 2. The molecule has 40 heavy (non-hydrogen) atoms. The van der Waals surface area contributed by atoms with E-state index in [0.29, 0.717) is 24.4 Å². The van der Waals surface area contributed by atoms with Gasteiger partial charge in [0.1, 0.15) is 11.6 Å². The molecule has 0 unspecified atom stereocenters. The van der Waals surface area contributed by atoms with E-state index in [1.54, 1.807) is 0 Å². The lowest BCUT2D eigenvalue weighted by Gasteiger charge is -2.55. The predicted octanol–water partition coefficient (Wildman–Crippen LogP) is 9.22. The van der Waals surface area contributed by atoms with E-state index in [9.17, 15) is 0 Å². The van der Waals surface area contributed by atoms with Crippen molar-refractivity contribution in [1.29, 1.82) is 0 Å². The number of benzene rings is 2. The Balaban J connectivity index is 1.56. The summed E-state index contributed by atoms with van der Waals surface area (Å²) >= 11 is 0. The molecule has 0 aromatic heterocycles. The zero-order chi connectivity index (χ0) is 28.6. The Hall–Kier alpha value is -2.74. The van der Waals surface area contributed by atoms with Crippen molar-refractivity contribution in [3.05, 3.63) is 83.9 Å². The lowest BCUT2D eigenvalue weighted by atomic mass is 9.45. The molecule has 6 rings (SSSR count). The van der Waals surface area contributed by atoms with Crippen LogP contribution in [0.5, 0.6) is 0 Å². The smallest absolute Gasteiger partial charge is 0.147 e. The first kappa shape index (κ1) is 27.4. The van der Waals surface area contributed by atoms with E-state index in [0.717, 1.165) is 36.8 Å². The number of fused-ring (bicyclic) bond motifs is 4. The zero-order valence-corrected chi connectivity index (χ0v) is 25.3. The molecule has 2 aromatic carbocycles. The van der Waals surface area contributed by atoms with Crippen molar-refractivity contribution in [1.82, 2.24) is 0 Å². The molecule has 0 N–H and O–H groups in total. The van der Waals surface area contributed by atoms with Gasteiger partial charge in [-0.25, -0.2) is 0 Å². The van der Waals surface area contributed by atoms with Crippen LogP contribution < -0.4 is 0 Å². The molecule has 2 nitrogen and oxygen atoms in total. The number of allylic oxidation sites excluding steroid dienone is 2. The molecule has 0 amide bonds. The molecule has 4 aliphatic rings. The highest BCUT2D eigenvalue weighted by molar-refractivity contribution is 6.05. The molecule has 4 fully saturated rings. The Bertz CT molecular complexity index is 1270. The van der Waals surface area contributed by atoms with Crippen LogP contribution in [0.4, 0.5) is 0 Å². The molecule has 0 heterocycles. The number of Topliss-reactive ketones (excluding diaryl/α,β-unsaturated/α-hetero) is 2. The van der Waals surface area contributed by atoms with Crippen LogP contribution in [0.15, 0.2) is 72.8 Å². The minimum absolute atomic E-state index is 0.145. The van der Waals surface area contributed by atoms with Crippen molar-refractivity contribution in [3.8, 4) is 0 Å². The van der Waals surface area contributed by atoms with Crippen LogP contribution in [-0.4, -0.2) is 11.6 Å². The summed E-state index contributed by atoms with van der Waals surface area (Å²) in [6, 6.07) is 20.7. The van der Waals surface area contributed by atoms with Gasteiger partial charge in [-0.05, 0) is 72.3 Å². The molecule has 4 aliphatic carbocycles. The van der Waals surface area contributed by atoms with Gasteiger partial charge in [0, 0.05) is 21.7 Å². The zero-order valence-electron chi connectivity index (χ0n) is 25.3. The Labute approximate surface area is 241 Å². The largest absolute Gasteiger partial charge is 0.298 e. The fourth-order valence-electron chi connectivity index (χ4n) is 10.6. The van der Waals surface area contributed by atoms with Gasteiger partial charge in [-0.3, -0.25) is 9.59 Å². The van der Waals surface area contributed by atoms with Crippen molar-refractivity contribution < 1.29 is 9.59 Å². The molecule has 0 aliphatic heterocycles. The van der Waals surface area contributed by atoms with E-state index >= 15 is 9.59 Å². The fraction of sp³-hybridized carbons (Fsp3) is 0.526. The highest BCUT2D eigenvalue weighted by Gasteiger charge is 2.85. The average Bonchev–Trinajstić information content (AvgIpc) is 3.42. The van der Waals surface area contributed by atoms with Gasteiger partial charge in [-0.2, -0.15) is 0 Å². The molecular formula is C38H46O2. The minimum Gasteiger partial charge on any atom is -0.298 e. The van der Waals surface area contributed by atoms with Gasteiger partial charge in [0.05, 0.1) is 0 Å². The minimum atomic E-state index is -0.701. The van der Waals surface area contributed by atoms with Crippen LogP contribution in [0, 0.1) is 44.3 Å². The second kappa shape index (κ2) is 8.88. The molecule has 2 heteroatoms. The summed E-state index contributed by atoms with van der Waals surface area (Å²) in [5, 5.41) is 0. The molecule has 0 spiro atoms. The average molecular weight is 535 g/mol. The van der Waals surface area contributed by atoms with Crippen molar-refractivity contribution in [3.63, 3.8) is 0 Å². The van der Waals surface area contributed by atoms with Crippen molar-refractivity contribution in [2.24, 2.45) is 44.3 Å². The molecule has 2 aromatic rings. The van der Waals surface area contributed by atoms with E-state index in [1.165, 1.54) is 0 Å². The van der Waals surface area contributed by atoms with Crippen molar-refractivity contribution in [2.75, 3.05) is 0 Å². The Kier molecular flexibility index (Phi) is 6.09. The Morgan fingerprint density at radius 3 is 1.25 bits per heavy atom. The SMILES string of the molecule is CC1(C)[C@H]2CC[C@@]1(C)C(=O)[C@@]2(C/C=C\c1ccccc1)[C@]1(C/C=C\c2ccccc2)C(=O)[C@@]2(C)CC[C@H]1C2(C)C. The third-order valence-corrected chi connectivity index (χ3v) is 13.4. The number of rotatable bonds is 7. The highest BCUT2D eigenvalue weighted by atomic mass is 16.1. The molecule has 0 radical (unpaired) electrons. The van der Waals surface area contributed by atoms with Gasteiger partial charge in [-0.1, -0.05) is 127 Å². The van der Waals surface area contributed by atoms with Crippen molar-refractivity contribution >= 4 is 23.7 Å².